The second kappa shape index (κ2) is 10.6. The Hall–Kier alpha value is -2.08. The number of aryl methyl sites for hydroxylation is 1. The van der Waals surface area contributed by atoms with E-state index in [9.17, 15) is 4.79 Å². The number of nitriles is 1. The van der Waals surface area contributed by atoms with Gasteiger partial charge in [-0.1, -0.05) is 51.2 Å². The summed E-state index contributed by atoms with van der Waals surface area (Å²) in [5, 5.41) is 8.97. The normalized spacial score (nSPS) is 11.1. The van der Waals surface area contributed by atoms with Crippen LogP contribution >= 0.6 is 0 Å². The van der Waals surface area contributed by atoms with Crippen molar-refractivity contribution in [2.45, 2.75) is 58.8 Å². The lowest BCUT2D eigenvalue weighted by molar-refractivity contribution is -0.113. The van der Waals surface area contributed by atoms with E-state index in [1.165, 1.54) is 44.6 Å². The molecule has 0 amide bonds. The molecule has 0 aromatic heterocycles. The van der Waals surface area contributed by atoms with Crippen LogP contribution in [0.2, 0.25) is 0 Å². The van der Waals surface area contributed by atoms with Gasteiger partial charge in [0.05, 0.1) is 12.7 Å². The Morgan fingerprint density at radius 1 is 1.22 bits per heavy atom. The Bertz CT molecular complexity index is 582. The molecule has 0 radical (unpaired) electrons. The highest BCUT2D eigenvalue weighted by molar-refractivity contribution is 6.01. The fourth-order valence-corrected chi connectivity index (χ4v) is 2.53. The van der Waals surface area contributed by atoms with Crippen molar-refractivity contribution in [3.63, 3.8) is 0 Å². The first-order valence-electron chi connectivity index (χ1n) is 8.42. The van der Waals surface area contributed by atoms with Crippen LogP contribution in [-0.4, -0.2) is 12.9 Å². The Kier molecular flexibility index (Phi) is 8.75. The number of benzene rings is 1. The van der Waals surface area contributed by atoms with Crippen LogP contribution in [0.1, 0.15) is 63.5 Å². The molecule has 1 rings (SSSR count). The highest BCUT2D eigenvalue weighted by Crippen LogP contribution is 2.24. The zero-order valence-electron chi connectivity index (χ0n) is 14.5. The van der Waals surface area contributed by atoms with E-state index in [2.05, 4.69) is 6.92 Å². The van der Waals surface area contributed by atoms with E-state index < -0.39 is 0 Å². The first-order valence-corrected chi connectivity index (χ1v) is 8.42. The molecule has 0 aliphatic rings. The van der Waals surface area contributed by atoms with Crippen molar-refractivity contribution in [1.82, 2.24) is 0 Å². The molecule has 3 nitrogen and oxygen atoms in total. The lowest BCUT2D eigenvalue weighted by Crippen LogP contribution is -1.96. The van der Waals surface area contributed by atoms with E-state index in [1.807, 2.05) is 24.3 Å². The van der Waals surface area contributed by atoms with Gasteiger partial charge < -0.3 is 4.74 Å². The molecule has 0 aliphatic carbocycles. The van der Waals surface area contributed by atoms with E-state index in [1.54, 1.807) is 13.2 Å². The van der Waals surface area contributed by atoms with Gasteiger partial charge in [0.25, 0.3) is 0 Å². The fraction of sp³-hybridized carbons (Fsp3) is 0.500. The summed E-state index contributed by atoms with van der Waals surface area (Å²) in [6.45, 7) is 3.63. The number of carbonyl (C=O) groups excluding carboxylic acids is 1. The maximum atomic E-state index is 11.3. The number of carbonyl (C=O) groups is 1. The zero-order chi connectivity index (χ0) is 17.1. The zero-order valence-corrected chi connectivity index (χ0v) is 14.5. The Morgan fingerprint density at radius 2 is 1.91 bits per heavy atom. The van der Waals surface area contributed by atoms with Crippen molar-refractivity contribution in [3.8, 4) is 11.8 Å². The average Bonchev–Trinajstić information content (AvgIpc) is 2.56. The molecule has 0 atom stereocenters. The molecular formula is C20H27NO2. The van der Waals surface area contributed by atoms with Crippen LogP contribution in [-0.2, 0) is 11.2 Å². The summed E-state index contributed by atoms with van der Waals surface area (Å²) in [6, 6.07) is 7.80. The molecular weight excluding hydrogens is 286 g/mol. The molecule has 0 heterocycles. The van der Waals surface area contributed by atoms with E-state index in [-0.39, 0.29) is 11.4 Å². The van der Waals surface area contributed by atoms with Gasteiger partial charge in [-0.05, 0) is 43.0 Å². The minimum Gasteiger partial charge on any atom is -0.496 e. The first kappa shape index (κ1) is 19.0. The van der Waals surface area contributed by atoms with Crippen molar-refractivity contribution in [1.29, 1.82) is 5.26 Å². The van der Waals surface area contributed by atoms with E-state index in [0.29, 0.717) is 0 Å². The summed E-state index contributed by atoms with van der Waals surface area (Å²) < 4.78 is 5.46. The van der Waals surface area contributed by atoms with Crippen LogP contribution in [0.3, 0.4) is 0 Å². The molecule has 0 spiro atoms. The number of hydrogen-bond acceptors (Lipinski definition) is 3. The lowest BCUT2D eigenvalue weighted by Gasteiger charge is -2.10. The molecule has 0 saturated heterocycles. The summed E-state index contributed by atoms with van der Waals surface area (Å²) in [5.74, 6) is 0.607. The first-order chi connectivity index (χ1) is 11.1. The molecule has 0 unspecified atom stereocenters. The van der Waals surface area contributed by atoms with Crippen molar-refractivity contribution in [2.75, 3.05) is 7.11 Å². The average molecular weight is 313 g/mol. The van der Waals surface area contributed by atoms with Crippen molar-refractivity contribution in [3.05, 3.63) is 34.9 Å². The number of hydrogen-bond donors (Lipinski definition) is 0. The third-order valence-electron chi connectivity index (χ3n) is 3.92. The Morgan fingerprint density at radius 3 is 2.52 bits per heavy atom. The summed E-state index contributed by atoms with van der Waals surface area (Å²) in [7, 11) is 1.66. The van der Waals surface area contributed by atoms with Gasteiger partial charge in [-0.25, -0.2) is 0 Å². The second-order valence-electron chi connectivity index (χ2n) is 5.82. The van der Waals surface area contributed by atoms with Gasteiger partial charge in [0.1, 0.15) is 11.8 Å². The molecule has 3 heteroatoms. The van der Waals surface area contributed by atoms with Crippen LogP contribution in [0.5, 0.6) is 5.75 Å². The molecule has 0 fully saturated rings. The van der Waals surface area contributed by atoms with Crippen molar-refractivity contribution in [2.24, 2.45) is 0 Å². The monoisotopic (exact) mass is 313 g/mol. The summed E-state index contributed by atoms with van der Waals surface area (Å²) in [4.78, 5) is 11.3. The molecule has 124 valence electrons. The maximum Gasteiger partial charge on any atom is 0.170 e. The standard InChI is InChI=1S/C20H27NO2/c1-4-5-6-7-8-9-10-18-12-11-17(14-20(18)23-3)13-19(15-21)16(2)22/h11-14H,4-10H2,1-3H3. The molecule has 1 aromatic rings. The number of unbranched alkanes of at least 4 members (excludes halogenated alkanes) is 5. The lowest BCUT2D eigenvalue weighted by atomic mass is 10.0. The van der Waals surface area contributed by atoms with Crippen molar-refractivity contribution < 1.29 is 9.53 Å². The number of rotatable bonds is 10. The Labute approximate surface area is 140 Å². The predicted molar refractivity (Wildman–Crippen MR) is 94.3 cm³/mol. The van der Waals surface area contributed by atoms with E-state index in [4.69, 9.17) is 10.00 Å². The molecule has 0 N–H and O–H groups in total. The van der Waals surface area contributed by atoms with E-state index in [0.717, 1.165) is 24.2 Å². The van der Waals surface area contributed by atoms with Crippen LogP contribution in [0.25, 0.3) is 6.08 Å². The highest BCUT2D eigenvalue weighted by atomic mass is 16.5. The number of ether oxygens (including phenoxy) is 1. The third-order valence-corrected chi connectivity index (χ3v) is 3.92. The van der Waals surface area contributed by atoms with Gasteiger partial charge in [-0.2, -0.15) is 5.26 Å². The van der Waals surface area contributed by atoms with E-state index >= 15 is 0 Å². The second-order valence-corrected chi connectivity index (χ2v) is 5.82. The number of ketones is 1. The summed E-state index contributed by atoms with van der Waals surface area (Å²) in [5.41, 5.74) is 2.16. The minimum atomic E-state index is -0.220. The SMILES string of the molecule is CCCCCCCCc1ccc(C=C(C#N)C(C)=O)cc1OC. The van der Waals surface area contributed by atoms with Gasteiger partial charge in [-0.15, -0.1) is 0 Å². The molecule has 0 aliphatic heterocycles. The Balaban J connectivity index is 2.70. The predicted octanol–water partition coefficient (Wildman–Crippen LogP) is 5.09. The fourth-order valence-electron chi connectivity index (χ4n) is 2.53. The van der Waals surface area contributed by atoms with Crippen LogP contribution in [0.4, 0.5) is 0 Å². The topological polar surface area (TPSA) is 50.1 Å². The van der Waals surface area contributed by atoms with Gasteiger partial charge >= 0.3 is 0 Å². The molecule has 0 bridgehead atoms. The van der Waals surface area contributed by atoms with Crippen LogP contribution in [0.15, 0.2) is 23.8 Å². The van der Waals surface area contributed by atoms with Gasteiger partial charge in [-0.3, -0.25) is 4.79 Å². The number of nitrogens with zero attached hydrogens (tertiary/aromatic N) is 1. The summed E-state index contributed by atoms with van der Waals surface area (Å²) in [6.07, 6.45) is 10.2. The highest BCUT2D eigenvalue weighted by Gasteiger charge is 2.06. The van der Waals surface area contributed by atoms with Gasteiger partial charge in [0, 0.05) is 0 Å². The number of methoxy groups -OCH3 is 1. The molecule has 23 heavy (non-hydrogen) atoms. The largest absolute Gasteiger partial charge is 0.496 e. The smallest absolute Gasteiger partial charge is 0.170 e. The van der Waals surface area contributed by atoms with Gasteiger partial charge in [0.2, 0.25) is 0 Å². The van der Waals surface area contributed by atoms with Crippen LogP contribution < -0.4 is 4.74 Å². The third kappa shape index (κ3) is 6.69. The number of allylic oxidation sites excluding steroid dienone is 1. The maximum absolute atomic E-state index is 11.3. The number of Topliss-reactive ketones (excluding diaryl/α,β-unsaturated/α-hetero) is 1. The molecule has 1 aromatic carbocycles. The van der Waals surface area contributed by atoms with Crippen LogP contribution in [0, 0.1) is 11.3 Å². The molecule has 0 saturated carbocycles. The quantitative estimate of drug-likeness (QED) is 0.343. The van der Waals surface area contributed by atoms with Crippen molar-refractivity contribution >= 4 is 11.9 Å². The summed E-state index contributed by atoms with van der Waals surface area (Å²) >= 11 is 0. The van der Waals surface area contributed by atoms with Gasteiger partial charge in [0.15, 0.2) is 5.78 Å². The minimum absolute atomic E-state index is 0.163.